The summed E-state index contributed by atoms with van der Waals surface area (Å²) in [4.78, 5) is 6.65. The van der Waals surface area contributed by atoms with E-state index in [1.807, 2.05) is 54.6 Å². The van der Waals surface area contributed by atoms with E-state index in [0.717, 1.165) is 35.7 Å². The molecular formula is C21H22N4. The summed E-state index contributed by atoms with van der Waals surface area (Å²) in [6.07, 6.45) is 1.80. The fourth-order valence-corrected chi connectivity index (χ4v) is 2.67. The van der Waals surface area contributed by atoms with Gasteiger partial charge >= 0.3 is 0 Å². The molecule has 4 heteroatoms. The molecule has 0 saturated heterocycles. The van der Waals surface area contributed by atoms with E-state index in [0.29, 0.717) is 0 Å². The van der Waals surface area contributed by atoms with Gasteiger partial charge in [-0.25, -0.2) is 0 Å². The highest BCUT2D eigenvalue weighted by Gasteiger charge is 2.01. The molecule has 0 aliphatic carbocycles. The zero-order valence-corrected chi connectivity index (χ0v) is 14.6. The minimum Gasteiger partial charge on any atom is -0.372 e. The van der Waals surface area contributed by atoms with Crippen molar-refractivity contribution in [1.29, 1.82) is 0 Å². The summed E-state index contributed by atoms with van der Waals surface area (Å²) in [6.45, 7) is 6.32. The first-order chi connectivity index (χ1) is 12.3. The molecule has 0 spiro atoms. The van der Waals surface area contributed by atoms with Gasteiger partial charge < -0.3 is 4.90 Å². The largest absolute Gasteiger partial charge is 0.372 e. The molecule has 3 aromatic rings. The van der Waals surface area contributed by atoms with E-state index in [1.54, 1.807) is 6.20 Å². The Morgan fingerprint density at radius 1 is 0.760 bits per heavy atom. The van der Waals surface area contributed by atoms with Gasteiger partial charge in [-0.05, 0) is 62.4 Å². The maximum Gasteiger partial charge on any atom is 0.0858 e. The predicted molar refractivity (Wildman–Crippen MR) is 104 cm³/mol. The first kappa shape index (κ1) is 16.8. The van der Waals surface area contributed by atoms with Crippen LogP contribution in [0.1, 0.15) is 13.8 Å². The third-order valence-corrected chi connectivity index (χ3v) is 4.09. The molecular weight excluding hydrogens is 308 g/mol. The Hall–Kier alpha value is -3.01. The molecule has 0 bridgehead atoms. The summed E-state index contributed by atoms with van der Waals surface area (Å²) >= 11 is 0. The number of anilines is 1. The van der Waals surface area contributed by atoms with Crippen LogP contribution in [0.3, 0.4) is 0 Å². The van der Waals surface area contributed by atoms with E-state index in [4.69, 9.17) is 0 Å². The van der Waals surface area contributed by atoms with Crippen LogP contribution in [-0.4, -0.2) is 18.1 Å². The second-order valence-corrected chi connectivity index (χ2v) is 5.65. The number of pyridine rings is 1. The van der Waals surface area contributed by atoms with E-state index in [-0.39, 0.29) is 0 Å². The number of hydrogen-bond donors (Lipinski definition) is 0. The van der Waals surface area contributed by atoms with Crippen LogP contribution in [-0.2, 0) is 0 Å². The second-order valence-electron chi connectivity index (χ2n) is 5.65. The molecule has 2 aromatic carbocycles. The lowest BCUT2D eigenvalue weighted by molar-refractivity contribution is 0.866. The van der Waals surface area contributed by atoms with Crippen molar-refractivity contribution in [1.82, 2.24) is 4.98 Å². The van der Waals surface area contributed by atoms with Gasteiger partial charge in [-0.15, -0.1) is 0 Å². The number of rotatable bonds is 6. The molecule has 1 heterocycles. The molecule has 0 saturated carbocycles. The number of aromatic nitrogens is 1. The van der Waals surface area contributed by atoms with Crippen LogP contribution < -0.4 is 4.90 Å². The molecule has 0 aliphatic heterocycles. The van der Waals surface area contributed by atoms with Crippen molar-refractivity contribution in [3.05, 3.63) is 72.9 Å². The van der Waals surface area contributed by atoms with Gasteiger partial charge in [-0.2, -0.15) is 10.2 Å². The Morgan fingerprint density at radius 3 is 1.88 bits per heavy atom. The Kier molecular flexibility index (Phi) is 5.52. The van der Waals surface area contributed by atoms with Gasteiger partial charge in [0, 0.05) is 30.5 Å². The van der Waals surface area contributed by atoms with Crippen molar-refractivity contribution in [3.8, 4) is 11.3 Å². The zero-order valence-electron chi connectivity index (χ0n) is 14.6. The number of azo groups is 1. The van der Waals surface area contributed by atoms with Gasteiger partial charge in [-0.3, -0.25) is 4.98 Å². The standard InChI is InChI=1S/C21H22N4/c1-3-25(4-2)20-14-12-19(13-15-20)24-23-18-10-8-17(9-11-18)21-7-5-6-16-22-21/h5-16H,3-4H2,1-2H3. The molecule has 0 atom stereocenters. The smallest absolute Gasteiger partial charge is 0.0858 e. The summed E-state index contributed by atoms with van der Waals surface area (Å²) in [6, 6.07) is 22.0. The summed E-state index contributed by atoms with van der Waals surface area (Å²) < 4.78 is 0. The number of benzene rings is 2. The predicted octanol–water partition coefficient (Wildman–Crippen LogP) is 6.01. The third-order valence-electron chi connectivity index (χ3n) is 4.09. The molecule has 0 N–H and O–H groups in total. The Bertz CT molecular complexity index is 805. The highest BCUT2D eigenvalue weighted by atomic mass is 15.1. The van der Waals surface area contributed by atoms with Crippen LogP contribution in [0.2, 0.25) is 0 Å². The first-order valence-corrected chi connectivity index (χ1v) is 8.58. The highest BCUT2D eigenvalue weighted by Crippen LogP contribution is 2.24. The van der Waals surface area contributed by atoms with Crippen LogP contribution in [0, 0.1) is 0 Å². The van der Waals surface area contributed by atoms with Crippen LogP contribution in [0.5, 0.6) is 0 Å². The van der Waals surface area contributed by atoms with E-state index in [1.165, 1.54) is 5.69 Å². The third kappa shape index (κ3) is 4.29. The molecule has 1 aromatic heterocycles. The molecule has 0 unspecified atom stereocenters. The van der Waals surface area contributed by atoms with Crippen LogP contribution in [0.25, 0.3) is 11.3 Å². The van der Waals surface area contributed by atoms with Crippen molar-refractivity contribution in [2.24, 2.45) is 10.2 Å². The highest BCUT2D eigenvalue weighted by molar-refractivity contribution is 5.61. The Morgan fingerprint density at radius 2 is 1.36 bits per heavy atom. The van der Waals surface area contributed by atoms with Gasteiger partial charge in [0.1, 0.15) is 0 Å². The fraction of sp³-hybridized carbons (Fsp3) is 0.190. The van der Waals surface area contributed by atoms with Gasteiger partial charge in [0.15, 0.2) is 0 Å². The lowest BCUT2D eigenvalue weighted by atomic mass is 10.1. The fourth-order valence-electron chi connectivity index (χ4n) is 2.67. The molecule has 3 rings (SSSR count). The van der Waals surface area contributed by atoms with Crippen LogP contribution in [0.4, 0.5) is 17.1 Å². The molecule has 0 aliphatic rings. The lowest BCUT2D eigenvalue weighted by Gasteiger charge is -2.20. The zero-order chi connectivity index (χ0) is 17.5. The van der Waals surface area contributed by atoms with Gasteiger partial charge in [0.2, 0.25) is 0 Å². The van der Waals surface area contributed by atoms with E-state index in [2.05, 4.69) is 46.1 Å². The average Bonchev–Trinajstić information content (AvgIpc) is 2.69. The maximum atomic E-state index is 4.35. The van der Waals surface area contributed by atoms with Crippen molar-refractivity contribution in [3.63, 3.8) is 0 Å². The first-order valence-electron chi connectivity index (χ1n) is 8.58. The summed E-state index contributed by atoms with van der Waals surface area (Å²) in [5.41, 5.74) is 4.92. The SMILES string of the molecule is CCN(CC)c1ccc(N=Nc2ccc(-c3ccccn3)cc2)cc1. The van der Waals surface area contributed by atoms with Crippen molar-refractivity contribution in [2.45, 2.75) is 13.8 Å². The quantitative estimate of drug-likeness (QED) is 0.519. The van der Waals surface area contributed by atoms with Gasteiger partial charge in [0.05, 0.1) is 17.1 Å². The molecule has 25 heavy (non-hydrogen) atoms. The van der Waals surface area contributed by atoms with Crippen LogP contribution >= 0.6 is 0 Å². The van der Waals surface area contributed by atoms with Crippen molar-refractivity contribution >= 4 is 17.1 Å². The molecule has 4 nitrogen and oxygen atoms in total. The second kappa shape index (κ2) is 8.20. The Labute approximate surface area is 148 Å². The van der Waals surface area contributed by atoms with Crippen molar-refractivity contribution in [2.75, 3.05) is 18.0 Å². The lowest BCUT2D eigenvalue weighted by Crippen LogP contribution is -2.21. The topological polar surface area (TPSA) is 40.9 Å². The molecule has 0 amide bonds. The maximum absolute atomic E-state index is 4.35. The number of hydrogen-bond acceptors (Lipinski definition) is 4. The molecule has 0 fully saturated rings. The molecule has 0 radical (unpaired) electrons. The van der Waals surface area contributed by atoms with E-state index < -0.39 is 0 Å². The average molecular weight is 330 g/mol. The van der Waals surface area contributed by atoms with E-state index >= 15 is 0 Å². The summed E-state index contributed by atoms with van der Waals surface area (Å²) in [7, 11) is 0. The van der Waals surface area contributed by atoms with Gasteiger partial charge in [0.25, 0.3) is 0 Å². The van der Waals surface area contributed by atoms with Crippen LogP contribution in [0.15, 0.2) is 83.2 Å². The normalized spacial score (nSPS) is 11.0. The summed E-state index contributed by atoms with van der Waals surface area (Å²) in [5, 5.41) is 8.64. The Balaban J connectivity index is 1.69. The number of nitrogens with zero attached hydrogens (tertiary/aromatic N) is 4. The minimum atomic E-state index is 0.826. The van der Waals surface area contributed by atoms with Crippen molar-refractivity contribution < 1.29 is 0 Å². The monoisotopic (exact) mass is 330 g/mol. The molecule has 126 valence electrons. The summed E-state index contributed by atoms with van der Waals surface area (Å²) in [5.74, 6) is 0. The minimum absolute atomic E-state index is 0.826. The van der Waals surface area contributed by atoms with E-state index in [9.17, 15) is 0 Å². The van der Waals surface area contributed by atoms with Gasteiger partial charge in [-0.1, -0.05) is 18.2 Å².